The molecule has 4 heteroatoms. The highest BCUT2D eigenvalue weighted by Gasteiger charge is 2.31. The van der Waals surface area contributed by atoms with E-state index in [0.717, 1.165) is 32.5 Å². The Morgan fingerprint density at radius 1 is 1.39 bits per heavy atom. The van der Waals surface area contributed by atoms with Crippen LogP contribution in [0.4, 0.5) is 4.79 Å². The molecule has 1 heterocycles. The summed E-state index contributed by atoms with van der Waals surface area (Å²) in [6, 6.07) is 0.540. The van der Waals surface area contributed by atoms with E-state index in [4.69, 9.17) is 4.74 Å². The van der Waals surface area contributed by atoms with Crippen LogP contribution in [0.5, 0.6) is 0 Å². The minimum absolute atomic E-state index is 0.170. The Morgan fingerprint density at radius 3 is 2.56 bits per heavy atom. The van der Waals surface area contributed by atoms with E-state index in [-0.39, 0.29) is 6.09 Å². The predicted octanol–water partition coefficient (Wildman–Crippen LogP) is 2.63. The summed E-state index contributed by atoms with van der Waals surface area (Å²) in [5, 5.41) is 3.51. The number of ether oxygens (including phenoxy) is 1. The van der Waals surface area contributed by atoms with Crippen molar-refractivity contribution in [3.05, 3.63) is 0 Å². The maximum absolute atomic E-state index is 12.0. The highest BCUT2D eigenvalue weighted by atomic mass is 16.6. The van der Waals surface area contributed by atoms with Crippen LogP contribution >= 0.6 is 0 Å². The van der Waals surface area contributed by atoms with Crippen molar-refractivity contribution < 1.29 is 9.53 Å². The third-order valence-corrected chi connectivity index (χ3v) is 3.38. The van der Waals surface area contributed by atoms with Gasteiger partial charge in [0.25, 0.3) is 0 Å². The maximum atomic E-state index is 12.0. The van der Waals surface area contributed by atoms with Crippen LogP contribution in [0, 0.1) is 5.92 Å². The summed E-state index contributed by atoms with van der Waals surface area (Å²) in [6.07, 6.45) is 1.94. The molecule has 0 aromatic heterocycles. The molecule has 1 N–H and O–H groups in total. The molecule has 1 amide bonds. The van der Waals surface area contributed by atoms with E-state index in [1.54, 1.807) is 0 Å². The van der Waals surface area contributed by atoms with Crippen molar-refractivity contribution >= 4 is 6.09 Å². The highest BCUT2D eigenvalue weighted by Crippen LogP contribution is 2.22. The van der Waals surface area contributed by atoms with Crippen molar-refractivity contribution in [3.63, 3.8) is 0 Å². The van der Waals surface area contributed by atoms with Crippen LogP contribution in [0.2, 0.25) is 0 Å². The van der Waals surface area contributed by atoms with Gasteiger partial charge in [-0.25, -0.2) is 4.79 Å². The van der Waals surface area contributed by atoms with E-state index >= 15 is 0 Å². The molecule has 0 radical (unpaired) electrons. The molecule has 0 aromatic carbocycles. The largest absolute Gasteiger partial charge is 0.444 e. The second-order valence-electron chi connectivity index (χ2n) is 6.05. The van der Waals surface area contributed by atoms with Crippen LogP contribution in [-0.4, -0.2) is 42.3 Å². The van der Waals surface area contributed by atoms with Crippen LogP contribution in [0.3, 0.4) is 0 Å². The van der Waals surface area contributed by atoms with E-state index < -0.39 is 5.60 Å². The number of likely N-dealkylation sites (tertiary alicyclic amines) is 1. The number of carbonyl (C=O) groups is 1. The Labute approximate surface area is 111 Å². The third kappa shape index (κ3) is 4.48. The van der Waals surface area contributed by atoms with Gasteiger partial charge in [-0.05, 0) is 39.7 Å². The smallest absolute Gasteiger partial charge is 0.410 e. The Morgan fingerprint density at radius 2 is 2.06 bits per heavy atom. The first-order valence-electron chi connectivity index (χ1n) is 7.08. The topological polar surface area (TPSA) is 41.6 Å². The normalized spacial score (nSPS) is 25.1. The fourth-order valence-corrected chi connectivity index (χ4v) is 2.47. The average molecular weight is 256 g/mol. The molecule has 4 nitrogen and oxygen atoms in total. The molecule has 2 unspecified atom stereocenters. The number of hydrogen-bond donors (Lipinski definition) is 1. The minimum Gasteiger partial charge on any atom is -0.444 e. The van der Waals surface area contributed by atoms with Gasteiger partial charge in [-0.15, -0.1) is 0 Å². The van der Waals surface area contributed by atoms with Gasteiger partial charge in [-0.3, -0.25) is 0 Å². The van der Waals surface area contributed by atoms with Crippen LogP contribution in [-0.2, 0) is 4.74 Å². The molecule has 0 aromatic rings. The number of nitrogens with one attached hydrogen (secondary N) is 1. The molecule has 106 valence electrons. The molecular weight excluding hydrogens is 228 g/mol. The molecule has 18 heavy (non-hydrogen) atoms. The number of hydrogen-bond acceptors (Lipinski definition) is 3. The quantitative estimate of drug-likeness (QED) is 0.844. The maximum Gasteiger partial charge on any atom is 0.410 e. The molecule has 1 saturated heterocycles. The molecule has 0 spiro atoms. The number of amides is 1. The molecular formula is C14H28N2O2. The van der Waals surface area contributed by atoms with Gasteiger partial charge in [0.05, 0.1) is 0 Å². The third-order valence-electron chi connectivity index (χ3n) is 3.38. The van der Waals surface area contributed by atoms with Crippen LogP contribution in [0.15, 0.2) is 0 Å². The second-order valence-corrected chi connectivity index (χ2v) is 6.05. The first-order valence-corrected chi connectivity index (χ1v) is 7.08. The van der Waals surface area contributed by atoms with E-state index in [9.17, 15) is 4.79 Å². The summed E-state index contributed by atoms with van der Waals surface area (Å²) in [6.45, 7) is 12.6. The summed E-state index contributed by atoms with van der Waals surface area (Å²) in [5.41, 5.74) is -0.405. The first-order chi connectivity index (χ1) is 8.37. The van der Waals surface area contributed by atoms with Crippen LogP contribution in [0.1, 0.15) is 47.5 Å². The average Bonchev–Trinajstić information content (AvgIpc) is 2.27. The number of nitrogens with zero attached hydrogens (tertiary/aromatic N) is 1. The zero-order chi connectivity index (χ0) is 13.8. The van der Waals surface area contributed by atoms with Gasteiger partial charge >= 0.3 is 6.09 Å². The number of rotatable bonds is 3. The molecule has 1 aliphatic rings. The minimum atomic E-state index is -0.405. The Bertz CT molecular complexity index is 273. The summed E-state index contributed by atoms with van der Waals surface area (Å²) in [4.78, 5) is 13.9. The summed E-state index contributed by atoms with van der Waals surface area (Å²) in [7, 11) is 0. The van der Waals surface area contributed by atoms with Gasteiger partial charge in [0.1, 0.15) is 5.60 Å². The van der Waals surface area contributed by atoms with Crippen molar-refractivity contribution in [2.45, 2.75) is 59.1 Å². The molecule has 0 saturated carbocycles. The van der Waals surface area contributed by atoms with E-state index in [1.165, 1.54) is 0 Å². The fraction of sp³-hybridized carbons (Fsp3) is 0.929. The van der Waals surface area contributed by atoms with E-state index in [1.807, 2.05) is 25.7 Å². The first kappa shape index (κ1) is 15.3. The van der Waals surface area contributed by atoms with Crippen LogP contribution < -0.4 is 5.32 Å². The van der Waals surface area contributed by atoms with Gasteiger partial charge in [0.15, 0.2) is 0 Å². The van der Waals surface area contributed by atoms with E-state index in [0.29, 0.717) is 12.0 Å². The van der Waals surface area contributed by atoms with Gasteiger partial charge < -0.3 is 15.0 Å². The van der Waals surface area contributed by atoms with Crippen molar-refractivity contribution in [2.75, 3.05) is 19.6 Å². The van der Waals surface area contributed by atoms with Gasteiger partial charge in [-0.2, -0.15) is 0 Å². The van der Waals surface area contributed by atoms with Crippen molar-refractivity contribution in [2.24, 2.45) is 5.92 Å². The lowest BCUT2D eigenvalue weighted by molar-refractivity contribution is 0.0130. The van der Waals surface area contributed by atoms with Gasteiger partial charge in [0.2, 0.25) is 0 Å². The standard InChI is InChI=1S/C14H28N2O2/c1-6-11-10-16(9-8-12(11)15-7-2)13(17)18-14(3,4)5/h11-12,15H,6-10H2,1-5H3. The SMILES string of the molecule is CCNC1CCN(C(=O)OC(C)(C)C)CC1CC. The Kier molecular flexibility index (Phi) is 5.45. The summed E-state index contributed by atoms with van der Waals surface area (Å²) >= 11 is 0. The number of piperidine rings is 1. The molecule has 1 aliphatic heterocycles. The van der Waals surface area contributed by atoms with Crippen molar-refractivity contribution in [1.29, 1.82) is 0 Å². The highest BCUT2D eigenvalue weighted by molar-refractivity contribution is 5.68. The van der Waals surface area contributed by atoms with E-state index in [2.05, 4.69) is 19.2 Å². The molecule has 0 bridgehead atoms. The van der Waals surface area contributed by atoms with Crippen LogP contribution in [0.25, 0.3) is 0 Å². The van der Waals surface area contributed by atoms with Crippen molar-refractivity contribution in [3.8, 4) is 0 Å². The molecule has 0 aliphatic carbocycles. The van der Waals surface area contributed by atoms with Gasteiger partial charge in [0, 0.05) is 19.1 Å². The number of carbonyl (C=O) groups excluding carboxylic acids is 1. The lowest BCUT2D eigenvalue weighted by atomic mass is 9.90. The van der Waals surface area contributed by atoms with Crippen molar-refractivity contribution in [1.82, 2.24) is 10.2 Å². The zero-order valence-electron chi connectivity index (χ0n) is 12.5. The second kappa shape index (κ2) is 6.41. The lowest BCUT2D eigenvalue weighted by Crippen LogP contribution is -2.51. The predicted molar refractivity (Wildman–Crippen MR) is 73.7 cm³/mol. The fourth-order valence-electron chi connectivity index (χ4n) is 2.47. The Balaban J connectivity index is 2.54. The Hall–Kier alpha value is -0.770. The monoisotopic (exact) mass is 256 g/mol. The zero-order valence-corrected chi connectivity index (χ0v) is 12.5. The summed E-state index contributed by atoms with van der Waals surface area (Å²) < 4.78 is 5.43. The summed E-state index contributed by atoms with van der Waals surface area (Å²) in [5.74, 6) is 0.534. The molecule has 1 rings (SSSR count). The lowest BCUT2D eigenvalue weighted by Gasteiger charge is -2.39. The molecule has 1 fully saturated rings. The van der Waals surface area contributed by atoms with Gasteiger partial charge in [-0.1, -0.05) is 20.3 Å². The molecule has 2 atom stereocenters.